The van der Waals surface area contributed by atoms with Gasteiger partial charge >= 0.3 is 12.2 Å². The predicted octanol–water partition coefficient (Wildman–Crippen LogP) is 8.03. The predicted molar refractivity (Wildman–Crippen MR) is 265 cm³/mol. The normalized spacial score (nSPS) is 16.6. The number of aliphatic hydroxyl groups is 2. The Morgan fingerprint density at radius 2 is 1.06 bits per heavy atom. The van der Waals surface area contributed by atoms with Crippen molar-refractivity contribution in [1.82, 2.24) is 30.2 Å². The molecule has 6 aromatic carbocycles. The van der Waals surface area contributed by atoms with Crippen LogP contribution in [0.1, 0.15) is 78.6 Å². The third-order valence-corrected chi connectivity index (χ3v) is 13.6. The van der Waals surface area contributed by atoms with Crippen LogP contribution in [-0.2, 0) is 27.3 Å². The number of anilines is 1. The highest BCUT2D eigenvalue weighted by atomic mass is 16.6. The minimum absolute atomic E-state index is 0.0942. The van der Waals surface area contributed by atoms with Crippen molar-refractivity contribution in [3.63, 3.8) is 0 Å². The molecular weight excluding hydrogens is 915 g/mol. The molecule has 16 nitrogen and oxygen atoms in total. The quantitative estimate of drug-likeness (QED) is 0.0811. The van der Waals surface area contributed by atoms with Crippen LogP contribution < -0.4 is 15.5 Å². The van der Waals surface area contributed by atoms with Gasteiger partial charge in [0.2, 0.25) is 0 Å². The largest absolute Gasteiger partial charge is 0.449 e. The first kappa shape index (κ1) is 45.8. The summed E-state index contributed by atoms with van der Waals surface area (Å²) < 4.78 is 18.9. The third-order valence-electron chi connectivity index (χ3n) is 13.6. The Labute approximate surface area is 412 Å². The number of ether oxygens (including phenoxy) is 3. The number of aliphatic hydroxyl groups excluding tert-OH is 2. The highest BCUT2D eigenvalue weighted by Gasteiger charge is 2.37. The molecule has 360 valence electrons. The number of rotatable bonds is 13. The molecular formula is C56H47N7O9. The molecule has 2 aromatic heterocycles. The molecule has 0 spiro atoms. The fraction of sp³-hybridized carbons (Fsp3) is 0.196. The molecule has 1 aliphatic heterocycles. The van der Waals surface area contributed by atoms with Crippen LogP contribution in [0.3, 0.4) is 0 Å². The average molecular weight is 962 g/mol. The van der Waals surface area contributed by atoms with Crippen LogP contribution in [0.5, 0.6) is 0 Å². The van der Waals surface area contributed by atoms with Crippen LogP contribution in [0.25, 0.3) is 33.4 Å². The molecule has 0 saturated carbocycles. The van der Waals surface area contributed by atoms with Gasteiger partial charge in [0.15, 0.2) is 17.0 Å². The van der Waals surface area contributed by atoms with Crippen molar-refractivity contribution >= 4 is 41.0 Å². The van der Waals surface area contributed by atoms with E-state index in [2.05, 4.69) is 74.1 Å². The summed E-state index contributed by atoms with van der Waals surface area (Å²) in [5, 5.41) is 25.8. The second-order valence-corrected chi connectivity index (χ2v) is 17.8. The SMILES string of the molecule is O=C(NCc1ccc(C(=O)N(C(=O)c2ccc(CNC(=O)OCC3c4ccccc4-c4ccccc43)cc2)c2ncnc3c2ncn3[C@H]2C[C@@H](O)[C@@H](CO)O2)cc1)OCC1c2ccccc2-c2ccccc21. The topological polar surface area (TPSA) is 207 Å². The first-order valence-electron chi connectivity index (χ1n) is 23.6. The second-order valence-electron chi connectivity index (χ2n) is 17.8. The van der Waals surface area contributed by atoms with Crippen molar-refractivity contribution in [2.75, 3.05) is 24.7 Å². The molecule has 0 unspecified atom stereocenters. The Morgan fingerprint density at radius 1 is 0.611 bits per heavy atom. The third kappa shape index (κ3) is 8.72. The maximum absolute atomic E-state index is 14.7. The van der Waals surface area contributed by atoms with Gasteiger partial charge in [0, 0.05) is 42.5 Å². The zero-order valence-corrected chi connectivity index (χ0v) is 38.6. The Morgan fingerprint density at radius 3 is 1.49 bits per heavy atom. The smallest absolute Gasteiger partial charge is 0.407 e. The second kappa shape index (κ2) is 19.7. The Hall–Kier alpha value is -8.57. The van der Waals surface area contributed by atoms with Crippen molar-refractivity contribution in [3.05, 3.63) is 203 Å². The molecule has 1 fully saturated rings. The van der Waals surface area contributed by atoms with Crippen LogP contribution in [0, 0.1) is 0 Å². The lowest BCUT2D eigenvalue weighted by atomic mass is 9.98. The van der Waals surface area contributed by atoms with Gasteiger partial charge in [-0.05, 0) is 79.9 Å². The van der Waals surface area contributed by atoms with Gasteiger partial charge in [-0.25, -0.2) is 29.4 Å². The number of hydrogen-bond donors (Lipinski definition) is 4. The summed E-state index contributed by atoms with van der Waals surface area (Å²) in [6, 6.07) is 45.3. The molecule has 72 heavy (non-hydrogen) atoms. The molecule has 8 aromatic rings. The fourth-order valence-electron chi connectivity index (χ4n) is 9.98. The number of fused-ring (bicyclic) bond motifs is 7. The number of aromatic nitrogens is 4. The number of nitrogens with one attached hydrogen (secondary N) is 2. The zero-order valence-electron chi connectivity index (χ0n) is 38.6. The highest BCUT2D eigenvalue weighted by Crippen LogP contribution is 2.46. The lowest BCUT2D eigenvalue weighted by Crippen LogP contribution is -2.38. The molecule has 3 heterocycles. The van der Waals surface area contributed by atoms with E-state index in [0.717, 1.165) is 49.4 Å². The van der Waals surface area contributed by atoms with Gasteiger partial charge in [-0.2, -0.15) is 0 Å². The highest BCUT2D eigenvalue weighted by molar-refractivity contribution is 6.27. The van der Waals surface area contributed by atoms with E-state index < -0.39 is 49.0 Å². The summed E-state index contributed by atoms with van der Waals surface area (Å²) in [5.74, 6) is -1.74. The Kier molecular flexibility index (Phi) is 12.5. The fourth-order valence-corrected chi connectivity index (χ4v) is 9.98. The van der Waals surface area contributed by atoms with Gasteiger partial charge in [0.25, 0.3) is 11.8 Å². The summed E-state index contributed by atoms with van der Waals surface area (Å²) in [6.07, 6.45) is -0.918. The standard InChI is InChI=1S/C56H47N7O9/c64-28-48-47(65)25-49(72-48)62-32-61-50-51(62)59-31-60-52(50)63(53(66)35-21-17-33(18-22-35)26-57-55(68)70-29-45-41-13-5-1-9-37(41)38-10-2-6-14-42(38)45)54(67)36-23-19-34(20-24-36)27-58-56(69)71-30-46-43-15-7-3-11-39(43)40-12-4-8-16-44(40)46/h1-24,31-32,45-49,64-65H,25-30H2,(H,57,68)(H,58,69)/t47-,48-,49-/m1/s1. The Balaban J connectivity index is 0.780. The van der Waals surface area contributed by atoms with Crippen molar-refractivity contribution in [1.29, 1.82) is 0 Å². The van der Waals surface area contributed by atoms with E-state index >= 15 is 0 Å². The number of imide groups is 1. The van der Waals surface area contributed by atoms with E-state index in [1.165, 1.54) is 12.7 Å². The number of imidazole rings is 1. The van der Waals surface area contributed by atoms with E-state index in [1.807, 2.05) is 48.5 Å². The molecule has 0 bridgehead atoms. The molecule has 0 radical (unpaired) electrons. The van der Waals surface area contributed by atoms with Crippen LogP contribution in [0.15, 0.2) is 158 Å². The van der Waals surface area contributed by atoms with Crippen molar-refractivity contribution in [3.8, 4) is 22.3 Å². The van der Waals surface area contributed by atoms with Crippen molar-refractivity contribution < 1.29 is 43.6 Å². The van der Waals surface area contributed by atoms with Gasteiger partial charge in [0.05, 0.1) is 19.0 Å². The summed E-state index contributed by atoms with van der Waals surface area (Å²) in [5.41, 5.74) is 10.9. The van der Waals surface area contributed by atoms with E-state index in [-0.39, 0.29) is 72.7 Å². The van der Waals surface area contributed by atoms with Gasteiger partial charge in [0.1, 0.15) is 31.9 Å². The molecule has 16 heteroatoms. The van der Waals surface area contributed by atoms with Gasteiger partial charge in [-0.1, -0.05) is 121 Å². The molecule has 3 aliphatic rings. The molecule has 4 N–H and O–H groups in total. The number of hydrogen-bond acceptors (Lipinski definition) is 12. The average Bonchev–Trinajstić information content (AvgIpc) is 4.19. The molecule has 2 aliphatic carbocycles. The number of amides is 4. The van der Waals surface area contributed by atoms with Gasteiger partial charge in [-0.3, -0.25) is 14.2 Å². The molecule has 11 rings (SSSR count). The number of carbonyl (C=O) groups excluding carboxylic acids is 4. The lowest BCUT2D eigenvalue weighted by Gasteiger charge is -2.21. The van der Waals surface area contributed by atoms with Crippen LogP contribution in [0.4, 0.5) is 15.4 Å². The molecule has 4 amide bonds. The summed E-state index contributed by atoms with van der Waals surface area (Å²) in [7, 11) is 0. The summed E-state index contributed by atoms with van der Waals surface area (Å²) in [6.45, 7) is 0.136. The van der Waals surface area contributed by atoms with E-state index in [9.17, 15) is 29.4 Å². The minimum atomic E-state index is -0.937. The number of benzene rings is 6. The number of carbonyl (C=O) groups is 4. The lowest BCUT2D eigenvalue weighted by molar-refractivity contribution is -0.0432. The van der Waals surface area contributed by atoms with Crippen LogP contribution in [-0.4, -0.2) is 85.8 Å². The monoisotopic (exact) mass is 961 g/mol. The Bertz CT molecular complexity index is 3100. The van der Waals surface area contributed by atoms with Crippen LogP contribution >= 0.6 is 0 Å². The van der Waals surface area contributed by atoms with E-state index in [1.54, 1.807) is 53.1 Å². The zero-order chi connectivity index (χ0) is 49.3. The first-order valence-corrected chi connectivity index (χ1v) is 23.6. The summed E-state index contributed by atoms with van der Waals surface area (Å²) >= 11 is 0. The maximum atomic E-state index is 14.7. The minimum Gasteiger partial charge on any atom is -0.449 e. The molecule has 3 atom stereocenters. The van der Waals surface area contributed by atoms with Crippen LogP contribution in [0.2, 0.25) is 0 Å². The van der Waals surface area contributed by atoms with Gasteiger partial charge < -0.3 is 35.1 Å². The van der Waals surface area contributed by atoms with Crippen molar-refractivity contribution in [2.45, 2.75) is 49.8 Å². The molecule has 1 saturated heterocycles. The number of alkyl carbamates (subject to hydrolysis) is 2. The van der Waals surface area contributed by atoms with Gasteiger partial charge in [-0.15, -0.1) is 0 Å². The van der Waals surface area contributed by atoms with E-state index in [0.29, 0.717) is 11.1 Å². The van der Waals surface area contributed by atoms with E-state index in [4.69, 9.17) is 14.2 Å². The summed E-state index contributed by atoms with van der Waals surface area (Å²) in [4.78, 5) is 69.6. The van der Waals surface area contributed by atoms with Crippen molar-refractivity contribution in [2.24, 2.45) is 0 Å². The number of nitrogens with zero attached hydrogens (tertiary/aromatic N) is 5. The first-order chi connectivity index (χ1) is 35.2. The maximum Gasteiger partial charge on any atom is 0.407 e.